The van der Waals surface area contributed by atoms with Crippen LogP contribution in [0.15, 0.2) is 42.6 Å². The third-order valence-electron chi connectivity index (χ3n) is 3.95. The average Bonchev–Trinajstić information content (AvgIpc) is 2.58. The quantitative estimate of drug-likeness (QED) is 0.944. The summed E-state index contributed by atoms with van der Waals surface area (Å²) in [5, 5.41) is 2.73. The molecule has 1 aliphatic heterocycles. The van der Waals surface area contributed by atoms with Gasteiger partial charge in [0.25, 0.3) is 5.91 Å². The molecule has 5 nitrogen and oxygen atoms in total. The second-order valence-corrected chi connectivity index (χ2v) is 5.65. The predicted octanol–water partition coefficient (Wildman–Crippen LogP) is 2.22. The van der Waals surface area contributed by atoms with Gasteiger partial charge >= 0.3 is 0 Å². The van der Waals surface area contributed by atoms with Crippen molar-refractivity contribution in [3.63, 3.8) is 0 Å². The highest BCUT2D eigenvalue weighted by Gasteiger charge is 2.16. The first-order valence-corrected chi connectivity index (χ1v) is 7.58. The molecule has 2 heterocycles. The number of nitrogens with zero attached hydrogens (tertiary/aromatic N) is 3. The standard InChI is InChI=1S/C17H19FN4O/c1-21-8-10-22(11-9-21)15-6-7-19-16(12-15)17(23)20-14-4-2-13(18)3-5-14/h2-7,12H,8-11H2,1H3,(H,20,23). The molecular formula is C17H19FN4O. The minimum Gasteiger partial charge on any atom is -0.369 e. The van der Waals surface area contributed by atoms with Crippen molar-refractivity contribution in [1.82, 2.24) is 9.88 Å². The second kappa shape index (κ2) is 6.75. The normalized spacial score (nSPS) is 15.5. The number of carbonyl (C=O) groups excluding carboxylic acids is 1. The third kappa shape index (κ3) is 3.84. The maximum absolute atomic E-state index is 12.9. The predicted molar refractivity (Wildman–Crippen MR) is 88.3 cm³/mol. The van der Waals surface area contributed by atoms with E-state index in [4.69, 9.17) is 0 Å². The first kappa shape index (κ1) is 15.4. The van der Waals surface area contributed by atoms with Crippen LogP contribution in [0.3, 0.4) is 0 Å². The van der Waals surface area contributed by atoms with Crippen LogP contribution >= 0.6 is 0 Å². The lowest BCUT2D eigenvalue weighted by molar-refractivity contribution is 0.102. The number of likely N-dealkylation sites (N-methyl/N-ethyl adjacent to an activating group) is 1. The zero-order valence-electron chi connectivity index (χ0n) is 13.0. The average molecular weight is 314 g/mol. The summed E-state index contributed by atoms with van der Waals surface area (Å²) in [4.78, 5) is 21.0. The molecule has 1 fully saturated rings. The van der Waals surface area contributed by atoms with Crippen LogP contribution in [0.1, 0.15) is 10.5 Å². The molecule has 1 amide bonds. The molecule has 0 spiro atoms. The number of halogens is 1. The van der Waals surface area contributed by atoms with Gasteiger partial charge in [-0.1, -0.05) is 0 Å². The van der Waals surface area contributed by atoms with Crippen molar-refractivity contribution >= 4 is 17.3 Å². The number of carbonyl (C=O) groups is 1. The van der Waals surface area contributed by atoms with Crippen LogP contribution in [-0.2, 0) is 0 Å². The van der Waals surface area contributed by atoms with Crippen LogP contribution in [-0.4, -0.2) is 49.0 Å². The highest BCUT2D eigenvalue weighted by atomic mass is 19.1. The van der Waals surface area contributed by atoms with Crippen LogP contribution in [0, 0.1) is 5.82 Å². The lowest BCUT2D eigenvalue weighted by atomic mass is 10.2. The molecule has 3 rings (SSSR count). The molecule has 0 saturated carbocycles. The molecule has 0 aliphatic carbocycles. The van der Waals surface area contributed by atoms with Gasteiger partial charge in [0.1, 0.15) is 11.5 Å². The number of hydrogen-bond acceptors (Lipinski definition) is 4. The lowest BCUT2D eigenvalue weighted by Crippen LogP contribution is -2.44. The maximum atomic E-state index is 12.9. The Labute approximate surface area is 134 Å². The molecule has 2 aromatic rings. The Hall–Kier alpha value is -2.47. The van der Waals surface area contributed by atoms with E-state index in [9.17, 15) is 9.18 Å². The van der Waals surface area contributed by atoms with Gasteiger partial charge in [0.15, 0.2) is 0 Å². The van der Waals surface area contributed by atoms with Crippen molar-refractivity contribution in [2.24, 2.45) is 0 Å². The smallest absolute Gasteiger partial charge is 0.274 e. The molecule has 0 atom stereocenters. The number of rotatable bonds is 3. The number of nitrogens with one attached hydrogen (secondary N) is 1. The molecule has 0 unspecified atom stereocenters. The Morgan fingerprint density at radius 1 is 1.13 bits per heavy atom. The molecule has 0 radical (unpaired) electrons. The van der Waals surface area contributed by atoms with Crippen LogP contribution in [0.25, 0.3) is 0 Å². The Morgan fingerprint density at radius 2 is 1.83 bits per heavy atom. The molecule has 6 heteroatoms. The number of hydrogen-bond donors (Lipinski definition) is 1. The third-order valence-corrected chi connectivity index (χ3v) is 3.95. The largest absolute Gasteiger partial charge is 0.369 e. The van der Waals surface area contributed by atoms with Crippen molar-refractivity contribution in [2.45, 2.75) is 0 Å². The number of benzene rings is 1. The van der Waals surface area contributed by atoms with E-state index in [1.54, 1.807) is 12.3 Å². The molecule has 23 heavy (non-hydrogen) atoms. The topological polar surface area (TPSA) is 48.5 Å². The Bertz CT molecular complexity index is 681. The van der Waals surface area contributed by atoms with Gasteiger partial charge in [0.05, 0.1) is 0 Å². The van der Waals surface area contributed by atoms with E-state index in [0.29, 0.717) is 11.4 Å². The zero-order chi connectivity index (χ0) is 16.2. The molecule has 1 aromatic carbocycles. The summed E-state index contributed by atoms with van der Waals surface area (Å²) in [6.07, 6.45) is 1.65. The molecule has 1 aliphatic rings. The lowest BCUT2D eigenvalue weighted by Gasteiger charge is -2.34. The van der Waals surface area contributed by atoms with E-state index in [1.165, 1.54) is 24.3 Å². The van der Waals surface area contributed by atoms with E-state index in [-0.39, 0.29) is 11.7 Å². The van der Waals surface area contributed by atoms with Crippen LogP contribution < -0.4 is 10.2 Å². The summed E-state index contributed by atoms with van der Waals surface area (Å²) in [5.74, 6) is -0.634. The van der Waals surface area contributed by atoms with Gasteiger partial charge < -0.3 is 15.1 Å². The van der Waals surface area contributed by atoms with Gasteiger partial charge in [-0.15, -0.1) is 0 Å². The Kier molecular flexibility index (Phi) is 4.52. The zero-order valence-corrected chi connectivity index (χ0v) is 13.0. The molecular weight excluding hydrogens is 295 g/mol. The molecule has 120 valence electrons. The van der Waals surface area contributed by atoms with Crippen molar-refractivity contribution in [2.75, 3.05) is 43.4 Å². The van der Waals surface area contributed by atoms with Gasteiger partial charge in [0.2, 0.25) is 0 Å². The molecule has 0 bridgehead atoms. The number of piperazine rings is 1. The van der Waals surface area contributed by atoms with Gasteiger partial charge in [-0.3, -0.25) is 9.78 Å². The van der Waals surface area contributed by atoms with Crippen molar-refractivity contribution in [1.29, 1.82) is 0 Å². The summed E-state index contributed by atoms with van der Waals surface area (Å²) in [5.41, 5.74) is 1.89. The molecule has 1 aromatic heterocycles. The summed E-state index contributed by atoms with van der Waals surface area (Å²) in [7, 11) is 2.10. The number of amides is 1. The van der Waals surface area contributed by atoms with E-state index in [2.05, 4.69) is 27.1 Å². The Balaban J connectivity index is 1.71. The number of aromatic nitrogens is 1. The van der Waals surface area contributed by atoms with E-state index in [1.807, 2.05) is 6.07 Å². The first-order valence-electron chi connectivity index (χ1n) is 7.58. The molecule has 1 N–H and O–H groups in total. The van der Waals surface area contributed by atoms with Gasteiger partial charge in [-0.2, -0.15) is 0 Å². The number of anilines is 2. The summed E-state index contributed by atoms with van der Waals surface area (Å²) in [6, 6.07) is 9.38. The van der Waals surface area contributed by atoms with E-state index >= 15 is 0 Å². The summed E-state index contributed by atoms with van der Waals surface area (Å²) >= 11 is 0. The fourth-order valence-corrected chi connectivity index (χ4v) is 2.53. The fourth-order valence-electron chi connectivity index (χ4n) is 2.53. The monoisotopic (exact) mass is 314 g/mol. The SMILES string of the molecule is CN1CCN(c2ccnc(C(=O)Nc3ccc(F)cc3)c2)CC1. The second-order valence-electron chi connectivity index (χ2n) is 5.65. The van der Waals surface area contributed by atoms with Crippen LogP contribution in [0.4, 0.5) is 15.8 Å². The van der Waals surface area contributed by atoms with Crippen molar-refractivity contribution in [3.8, 4) is 0 Å². The van der Waals surface area contributed by atoms with Gasteiger partial charge in [-0.25, -0.2) is 4.39 Å². The van der Waals surface area contributed by atoms with E-state index in [0.717, 1.165) is 31.9 Å². The minimum absolute atomic E-state index is 0.299. The van der Waals surface area contributed by atoms with Crippen LogP contribution in [0.2, 0.25) is 0 Å². The first-order chi connectivity index (χ1) is 11.1. The highest BCUT2D eigenvalue weighted by Crippen LogP contribution is 2.17. The Morgan fingerprint density at radius 3 is 2.52 bits per heavy atom. The van der Waals surface area contributed by atoms with Crippen LogP contribution in [0.5, 0.6) is 0 Å². The molecule has 1 saturated heterocycles. The van der Waals surface area contributed by atoms with Gasteiger partial charge in [0, 0.05) is 43.8 Å². The maximum Gasteiger partial charge on any atom is 0.274 e. The van der Waals surface area contributed by atoms with E-state index < -0.39 is 0 Å². The summed E-state index contributed by atoms with van der Waals surface area (Å²) in [6.45, 7) is 3.86. The van der Waals surface area contributed by atoms with Crippen molar-refractivity contribution < 1.29 is 9.18 Å². The number of pyridine rings is 1. The van der Waals surface area contributed by atoms with Gasteiger partial charge in [-0.05, 0) is 43.4 Å². The fraction of sp³-hybridized carbons (Fsp3) is 0.294. The highest BCUT2D eigenvalue weighted by molar-refractivity contribution is 6.03. The minimum atomic E-state index is -0.335. The summed E-state index contributed by atoms with van der Waals surface area (Å²) < 4.78 is 12.9. The van der Waals surface area contributed by atoms with Crippen molar-refractivity contribution in [3.05, 3.63) is 54.1 Å².